The standard InChI is InChI=1S/C17H22FN3O2.ClH/c1-11-3-4-15(14(18)7-11)21-10-13(8-16(21)22)17(23)20-6-5-19-9-12(20)2;/h3-4,7,12-13,19H,5-6,8-10H2,1-2H3;1H/t12-,13?;/m0./s1. The SMILES string of the molecule is Cc1ccc(N2CC(C(=O)N3CCNC[C@@H]3C)CC2=O)c(F)c1.Cl. The van der Waals surface area contributed by atoms with Crippen LogP contribution in [-0.4, -0.2) is 48.9 Å². The molecule has 0 aromatic heterocycles. The fourth-order valence-electron chi connectivity index (χ4n) is 3.34. The Balaban J connectivity index is 0.00000208. The monoisotopic (exact) mass is 355 g/mol. The number of amides is 2. The van der Waals surface area contributed by atoms with Gasteiger partial charge in [-0.15, -0.1) is 12.4 Å². The first-order valence-corrected chi connectivity index (χ1v) is 8.05. The highest BCUT2D eigenvalue weighted by molar-refractivity contribution is 6.00. The summed E-state index contributed by atoms with van der Waals surface area (Å²) in [5, 5.41) is 3.25. The van der Waals surface area contributed by atoms with Gasteiger partial charge in [-0.25, -0.2) is 4.39 Å². The van der Waals surface area contributed by atoms with Gasteiger partial charge in [0.1, 0.15) is 5.82 Å². The third-order valence-electron chi connectivity index (χ3n) is 4.65. The van der Waals surface area contributed by atoms with Crippen LogP contribution in [0.1, 0.15) is 18.9 Å². The van der Waals surface area contributed by atoms with Gasteiger partial charge in [0.05, 0.1) is 11.6 Å². The summed E-state index contributed by atoms with van der Waals surface area (Å²) in [6.45, 7) is 6.25. The number of carbonyl (C=O) groups excluding carboxylic acids is 2. The molecule has 3 rings (SSSR count). The number of piperazine rings is 1. The van der Waals surface area contributed by atoms with E-state index in [-0.39, 0.29) is 54.8 Å². The maximum Gasteiger partial charge on any atom is 0.228 e. The number of nitrogens with zero attached hydrogens (tertiary/aromatic N) is 2. The van der Waals surface area contributed by atoms with Crippen LogP contribution in [0.3, 0.4) is 0 Å². The summed E-state index contributed by atoms with van der Waals surface area (Å²) >= 11 is 0. The molecule has 1 unspecified atom stereocenters. The van der Waals surface area contributed by atoms with Crippen molar-refractivity contribution in [3.8, 4) is 0 Å². The first-order valence-electron chi connectivity index (χ1n) is 8.05. The molecule has 1 N–H and O–H groups in total. The van der Waals surface area contributed by atoms with E-state index in [0.717, 1.165) is 18.7 Å². The Morgan fingerprint density at radius 1 is 1.38 bits per heavy atom. The largest absolute Gasteiger partial charge is 0.337 e. The second-order valence-electron chi connectivity index (χ2n) is 6.45. The van der Waals surface area contributed by atoms with Crippen molar-refractivity contribution < 1.29 is 14.0 Å². The van der Waals surface area contributed by atoms with E-state index in [1.54, 1.807) is 19.1 Å². The van der Waals surface area contributed by atoms with E-state index in [4.69, 9.17) is 0 Å². The molecule has 132 valence electrons. The van der Waals surface area contributed by atoms with Crippen molar-refractivity contribution in [2.45, 2.75) is 26.3 Å². The van der Waals surface area contributed by atoms with Gasteiger partial charge in [0.25, 0.3) is 0 Å². The first kappa shape index (κ1) is 18.7. The van der Waals surface area contributed by atoms with Gasteiger partial charge in [0.15, 0.2) is 0 Å². The molecule has 2 fully saturated rings. The molecule has 7 heteroatoms. The number of nitrogens with one attached hydrogen (secondary N) is 1. The van der Waals surface area contributed by atoms with Gasteiger partial charge in [-0.05, 0) is 31.5 Å². The summed E-state index contributed by atoms with van der Waals surface area (Å²) in [6.07, 6.45) is 0.156. The van der Waals surface area contributed by atoms with Crippen molar-refractivity contribution in [2.75, 3.05) is 31.1 Å². The highest BCUT2D eigenvalue weighted by Crippen LogP contribution is 2.29. The summed E-state index contributed by atoms with van der Waals surface area (Å²) in [7, 11) is 0. The molecule has 0 aliphatic carbocycles. The molecule has 24 heavy (non-hydrogen) atoms. The normalized spacial score (nSPS) is 24.0. The van der Waals surface area contributed by atoms with Crippen LogP contribution in [0, 0.1) is 18.7 Å². The summed E-state index contributed by atoms with van der Waals surface area (Å²) in [6, 6.07) is 4.93. The van der Waals surface area contributed by atoms with Gasteiger partial charge in [-0.3, -0.25) is 9.59 Å². The van der Waals surface area contributed by atoms with E-state index in [1.165, 1.54) is 11.0 Å². The van der Waals surface area contributed by atoms with Crippen LogP contribution in [0.15, 0.2) is 18.2 Å². The van der Waals surface area contributed by atoms with Crippen molar-refractivity contribution in [3.63, 3.8) is 0 Å². The molecular weight excluding hydrogens is 333 g/mol. The number of anilines is 1. The van der Waals surface area contributed by atoms with Gasteiger partial charge >= 0.3 is 0 Å². The van der Waals surface area contributed by atoms with Crippen molar-refractivity contribution in [2.24, 2.45) is 5.92 Å². The Morgan fingerprint density at radius 2 is 2.12 bits per heavy atom. The minimum Gasteiger partial charge on any atom is -0.337 e. The minimum atomic E-state index is -0.415. The van der Waals surface area contributed by atoms with Gasteiger partial charge in [0, 0.05) is 38.6 Å². The van der Waals surface area contributed by atoms with Gasteiger partial charge < -0.3 is 15.1 Å². The molecule has 2 heterocycles. The van der Waals surface area contributed by atoms with Crippen molar-refractivity contribution in [1.29, 1.82) is 0 Å². The maximum absolute atomic E-state index is 14.1. The van der Waals surface area contributed by atoms with E-state index in [2.05, 4.69) is 5.32 Å². The summed E-state index contributed by atoms with van der Waals surface area (Å²) < 4.78 is 14.1. The molecule has 0 spiro atoms. The smallest absolute Gasteiger partial charge is 0.228 e. The second-order valence-corrected chi connectivity index (χ2v) is 6.45. The predicted molar refractivity (Wildman–Crippen MR) is 92.9 cm³/mol. The molecule has 0 bridgehead atoms. The number of aryl methyl sites for hydroxylation is 1. The van der Waals surface area contributed by atoms with E-state index in [1.807, 2.05) is 11.8 Å². The molecule has 2 atom stereocenters. The number of hydrogen-bond acceptors (Lipinski definition) is 3. The Bertz CT molecular complexity index is 640. The van der Waals surface area contributed by atoms with Crippen LogP contribution in [0.25, 0.3) is 0 Å². The van der Waals surface area contributed by atoms with Crippen molar-refractivity contribution in [3.05, 3.63) is 29.6 Å². The average Bonchev–Trinajstić information content (AvgIpc) is 2.89. The van der Waals surface area contributed by atoms with Crippen LogP contribution in [0.2, 0.25) is 0 Å². The van der Waals surface area contributed by atoms with Crippen LogP contribution < -0.4 is 10.2 Å². The van der Waals surface area contributed by atoms with Crippen molar-refractivity contribution in [1.82, 2.24) is 10.2 Å². The lowest BCUT2D eigenvalue weighted by molar-refractivity contribution is -0.138. The fourth-order valence-corrected chi connectivity index (χ4v) is 3.34. The zero-order valence-electron chi connectivity index (χ0n) is 13.9. The molecule has 5 nitrogen and oxygen atoms in total. The van der Waals surface area contributed by atoms with E-state index in [9.17, 15) is 14.0 Å². The maximum atomic E-state index is 14.1. The van der Waals surface area contributed by atoms with Crippen LogP contribution in [-0.2, 0) is 9.59 Å². The van der Waals surface area contributed by atoms with Crippen LogP contribution in [0.4, 0.5) is 10.1 Å². The zero-order chi connectivity index (χ0) is 16.6. The molecule has 2 aliphatic rings. The Kier molecular flexibility index (Phi) is 5.83. The molecule has 2 saturated heterocycles. The molecule has 0 radical (unpaired) electrons. The Morgan fingerprint density at radius 3 is 2.79 bits per heavy atom. The topological polar surface area (TPSA) is 52.7 Å². The molecular formula is C17H23ClFN3O2. The minimum absolute atomic E-state index is 0. The lowest BCUT2D eigenvalue weighted by atomic mass is 10.0. The Hall–Kier alpha value is -1.66. The Labute approximate surface area is 147 Å². The number of carbonyl (C=O) groups is 2. The van der Waals surface area contributed by atoms with Gasteiger partial charge in [-0.1, -0.05) is 6.07 Å². The molecule has 1 aromatic rings. The van der Waals surface area contributed by atoms with Crippen molar-refractivity contribution >= 4 is 29.9 Å². The molecule has 2 aliphatic heterocycles. The summed E-state index contributed by atoms with van der Waals surface area (Å²) in [4.78, 5) is 28.2. The lowest BCUT2D eigenvalue weighted by Gasteiger charge is -2.35. The first-order chi connectivity index (χ1) is 11.0. The molecule has 0 saturated carbocycles. The van der Waals surface area contributed by atoms with Crippen LogP contribution >= 0.6 is 12.4 Å². The fraction of sp³-hybridized carbons (Fsp3) is 0.529. The predicted octanol–water partition coefficient (Wildman–Crippen LogP) is 1.73. The van der Waals surface area contributed by atoms with Gasteiger partial charge in [-0.2, -0.15) is 0 Å². The second kappa shape index (κ2) is 7.49. The molecule has 1 aromatic carbocycles. The number of rotatable bonds is 2. The van der Waals surface area contributed by atoms with E-state index >= 15 is 0 Å². The third kappa shape index (κ3) is 3.54. The lowest BCUT2D eigenvalue weighted by Crippen LogP contribution is -2.54. The summed E-state index contributed by atoms with van der Waals surface area (Å²) in [5.41, 5.74) is 1.07. The highest BCUT2D eigenvalue weighted by Gasteiger charge is 2.39. The van der Waals surface area contributed by atoms with Gasteiger partial charge in [0.2, 0.25) is 11.8 Å². The van der Waals surface area contributed by atoms with E-state index in [0.29, 0.717) is 6.54 Å². The van der Waals surface area contributed by atoms with E-state index < -0.39 is 5.82 Å². The highest BCUT2D eigenvalue weighted by atomic mass is 35.5. The summed E-state index contributed by atoms with van der Waals surface area (Å²) in [5.74, 6) is -0.984. The number of benzene rings is 1. The quantitative estimate of drug-likeness (QED) is 0.879. The molecule has 2 amide bonds. The number of halogens is 2. The average molecular weight is 356 g/mol. The third-order valence-corrected chi connectivity index (χ3v) is 4.65. The zero-order valence-corrected chi connectivity index (χ0v) is 14.7. The number of hydrogen-bond donors (Lipinski definition) is 1. The van der Waals surface area contributed by atoms with Crippen LogP contribution in [0.5, 0.6) is 0 Å².